The van der Waals surface area contributed by atoms with E-state index in [0.717, 1.165) is 0 Å². The van der Waals surface area contributed by atoms with E-state index in [1.807, 2.05) is 0 Å². The average molecular weight is 188 g/mol. The Morgan fingerprint density at radius 3 is 2.08 bits per heavy atom. The number of halogens is 2. The SMILES string of the molecule is O=C(O)c1cc(F)c(CO)c(F)c1. The first-order valence-corrected chi connectivity index (χ1v) is 3.38. The van der Waals surface area contributed by atoms with Crippen molar-refractivity contribution in [3.8, 4) is 0 Å². The zero-order valence-corrected chi connectivity index (χ0v) is 6.42. The number of rotatable bonds is 2. The Kier molecular flexibility index (Phi) is 2.57. The molecule has 2 N–H and O–H groups in total. The third kappa shape index (κ3) is 1.81. The summed E-state index contributed by atoms with van der Waals surface area (Å²) in [5.41, 5.74) is -1.00. The van der Waals surface area contributed by atoms with Crippen LogP contribution >= 0.6 is 0 Å². The number of carboxylic acids is 1. The van der Waals surface area contributed by atoms with Gasteiger partial charge in [-0.1, -0.05) is 0 Å². The van der Waals surface area contributed by atoms with Gasteiger partial charge in [-0.3, -0.25) is 0 Å². The minimum absolute atomic E-state index is 0.479. The van der Waals surface area contributed by atoms with Gasteiger partial charge in [0.2, 0.25) is 0 Å². The third-order valence-corrected chi connectivity index (χ3v) is 1.55. The highest BCUT2D eigenvalue weighted by Crippen LogP contribution is 2.15. The molecule has 1 rings (SSSR count). The number of benzene rings is 1. The fourth-order valence-corrected chi connectivity index (χ4v) is 0.878. The van der Waals surface area contributed by atoms with Gasteiger partial charge in [0.15, 0.2) is 0 Å². The maximum atomic E-state index is 12.8. The molecular weight excluding hydrogens is 182 g/mol. The largest absolute Gasteiger partial charge is 0.478 e. The number of hydrogen-bond donors (Lipinski definition) is 2. The maximum Gasteiger partial charge on any atom is 0.335 e. The minimum atomic E-state index is -1.41. The summed E-state index contributed by atoms with van der Waals surface area (Å²) in [5.74, 6) is -3.53. The van der Waals surface area contributed by atoms with Crippen LogP contribution in [0.2, 0.25) is 0 Å². The van der Waals surface area contributed by atoms with E-state index in [2.05, 4.69) is 0 Å². The summed E-state index contributed by atoms with van der Waals surface area (Å²) in [6, 6.07) is 1.33. The van der Waals surface area contributed by atoms with Crippen molar-refractivity contribution in [1.82, 2.24) is 0 Å². The number of aliphatic hydroxyl groups is 1. The van der Waals surface area contributed by atoms with Crippen molar-refractivity contribution in [2.45, 2.75) is 6.61 Å². The molecule has 0 amide bonds. The first-order chi connectivity index (χ1) is 6.06. The standard InChI is InChI=1S/C8H6F2O3/c9-6-1-4(8(12)13)2-7(10)5(6)3-11/h1-2,11H,3H2,(H,12,13). The van der Waals surface area contributed by atoms with Crippen LogP contribution in [-0.4, -0.2) is 16.2 Å². The predicted molar refractivity (Wildman–Crippen MR) is 39.2 cm³/mol. The average Bonchev–Trinajstić information content (AvgIpc) is 2.03. The van der Waals surface area contributed by atoms with Crippen LogP contribution in [0.3, 0.4) is 0 Å². The summed E-state index contributed by atoms with van der Waals surface area (Å²) < 4.78 is 25.6. The first-order valence-electron chi connectivity index (χ1n) is 3.38. The van der Waals surface area contributed by atoms with E-state index >= 15 is 0 Å². The zero-order valence-electron chi connectivity index (χ0n) is 6.42. The number of carbonyl (C=O) groups is 1. The summed E-state index contributed by atoms with van der Waals surface area (Å²) in [6.45, 7) is -0.794. The molecule has 0 atom stereocenters. The molecule has 0 bridgehead atoms. The topological polar surface area (TPSA) is 57.5 Å². The Labute approximate surface area is 72.2 Å². The van der Waals surface area contributed by atoms with Crippen molar-refractivity contribution >= 4 is 5.97 Å². The molecule has 13 heavy (non-hydrogen) atoms. The van der Waals surface area contributed by atoms with E-state index in [4.69, 9.17) is 10.2 Å². The Hall–Kier alpha value is -1.49. The molecule has 3 nitrogen and oxygen atoms in total. The summed E-state index contributed by atoms with van der Waals surface area (Å²) in [6.07, 6.45) is 0. The van der Waals surface area contributed by atoms with Gasteiger partial charge in [0.1, 0.15) is 11.6 Å². The molecule has 0 aromatic heterocycles. The number of aliphatic hydroxyl groups excluding tert-OH is 1. The summed E-state index contributed by atoms with van der Waals surface area (Å²) in [7, 11) is 0. The van der Waals surface area contributed by atoms with Crippen molar-refractivity contribution in [2.24, 2.45) is 0 Å². The van der Waals surface area contributed by atoms with E-state index in [0.29, 0.717) is 12.1 Å². The number of hydrogen-bond acceptors (Lipinski definition) is 2. The molecule has 0 heterocycles. The molecule has 0 fully saturated rings. The van der Waals surface area contributed by atoms with Crippen LogP contribution in [0, 0.1) is 11.6 Å². The fraction of sp³-hybridized carbons (Fsp3) is 0.125. The summed E-state index contributed by atoms with van der Waals surface area (Å²) >= 11 is 0. The Balaban J connectivity index is 3.28. The van der Waals surface area contributed by atoms with Crippen molar-refractivity contribution < 1.29 is 23.8 Å². The van der Waals surface area contributed by atoms with Gasteiger partial charge in [0.25, 0.3) is 0 Å². The van der Waals surface area contributed by atoms with Crippen LogP contribution < -0.4 is 0 Å². The lowest BCUT2D eigenvalue weighted by Crippen LogP contribution is -2.02. The maximum absolute atomic E-state index is 12.8. The van der Waals surface area contributed by atoms with Crippen molar-refractivity contribution in [1.29, 1.82) is 0 Å². The van der Waals surface area contributed by atoms with Crippen LogP contribution in [0.15, 0.2) is 12.1 Å². The predicted octanol–water partition coefficient (Wildman–Crippen LogP) is 1.16. The van der Waals surface area contributed by atoms with Gasteiger partial charge >= 0.3 is 5.97 Å². The quantitative estimate of drug-likeness (QED) is 0.732. The second kappa shape index (κ2) is 3.49. The number of carboxylic acid groups (broad SMARTS) is 1. The second-order valence-corrected chi connectivity index (χ2v) is 2.38. The van der Waals surface area contributed by atoms with Gasteiger partial charge in [0.05, 0.1) is 12.2 Å². The third-order valence-electron chi connectivity index (χ3n) is 1.55. The van der Waals surface area contributed by atoms with Gasteiger partial charge < -0.3 is 10.2 Å². The Morgan fingerprint density at radius 1 is 1.31 bits per heavy atom. The van der Waals surface area contributed by atoms with E-state index in [1.165, 1.54) is 0 Å². The van der Waals surface area contributed by atoms with Crippen molar-refractivity contribution in [3.05, 3.63) is 34.9 Å². The highest BCUT2D eigenvalue weighted by molar-refractivity contribution is 5.87. The van der Waals surface area contributed by atoms with Crippen LogP contribution in [0.1, 0.15) is 15.9 Å². The molecule has 0 aliphatic rings. The zero-order chi connectivity index (χ0) is 10.0. The molecule has 1 aromatic carbocycles. The van der Waals surface area contributed by atoms with Crippen LogP contribution in [-0.2, 0) is 6.61 Å². The van der Waals surface area contributed by atoms with Crippen molar-refractivity contribution in [3.63, 3.8) is 0 Å². The normalized spacial score (nSPS) is 10.1. The van der Waals surface area contributed by atoms with Gasteiger partial charge in [-0.2, -0.15) is 0 Å². The Morgan fingerprint density at radius 2 is 1.77 bits per heavy atom. The molecule has 0 radical (unpaired) electrons. The lowest BCUT2D eigenvalue weighted by Gasteiger charge is -2.02. The molecule has 0 unspecified atom stereocenters. The molecular formula is C8H6F2O3. The second-order valence-electron chi connectivity index (χ2n) is 2.38. The van der Waals surface area contributed by atoms with Gasteiger partial charge in [0, 0.05) is 5.56 Å². The molecule has 0 spiro atoms. The van der Waals surface area contributed by atoms with Crippen LogP contribution in [0.5, 0.6) is 0 Å². The molecule has 0 saturated carbocycles. The van der Waals surface area contributed by atoms with Crippen LogP contribution in [0.4, 0.5) is 8.78 Å². The highest BCUT2D eigenvalue weighted by atomic mass is 19.1. The smallest absolute Gasteiger partial charge is 0.335 e. The fourth-order valence-electron chi connectivity index (χ4n) is 0.878. The molecule has 0 saturated heterocycles. The van der Waals surface area contributed by atoms with Crippen molar-refractivity contribution in [2.75, 3.05) is 0 Å². The monoisotopic (exact) mass is 188 g/mol. The molecule has 0 aliphatic carbocycles. The van der Waals surface area contributed by atoms with E-state index in [9.17, 15) is 13.6 Å². The summed E-state index contributed by atoms with van der Waals surface area (Å²) in [4.78, 5) is 10.3. The lowest BCUT2D eigenvalue weighted by molar-refractivity contribution is 0.0695. The minimum Gasteiger partial charge on any atom is -0.478 e. The summed E-state index contributed by atoms with van der Waals surface area (Å²) in [5, 5.41) is 16.9. The molecule has 1 aromatic rings. The van der Waals surface area contributed by atoms with E-state index < -0.39 is 35.3 Å². The van der Waals surface area contributed by atoms with Gasteiger partial charge in [-0.25, -0.2) is 13.6 Å². The van der Waals surface area contributed by atoms with E-state index in [-0.39, 0.29) is 0 Å². The molecule has 70 valence electrons. The lowest BCUT2D eigenvalue weighted by atomic mass is 10.1. The van der Waals surface area contributed by atoms with Gasteiger partial charge in [-0.15, -0.1) is 0 Å². The first kappa shape index (κ1) is 9.60. The molecule has 5 heteroatoms. The Bertz CT molecular complexity index is 326. The molecule has 0 aliphatic heterocycles. The number of aromatic carboxylic acids is 1. The van der Waals surface area contributed by atoms with Gasteiger partial charge in [-0.05, 0) is 12.1 Å². The highest BCUT2D eigenvalue weighted by Gasteiger charge is 2.13. The van der Waals surface area contributed by atoms with Crippen LogP contribution in [0.25, 0.3) is 0 Å². The van der Waals surface area contributed by atoms with E-state index in [1.54, 1.807) is 0 Å².